The number of ether oxygens (including phenoxy) is 2. The van der Waals surface area contributed by atoms with Gasteiger partial charge in [-0.05, 0) is 48.6 Å². The predicted octanol–water partition coefficient (Wildman–Crippen LogP) is 2.89. The second-order valence-electron chi connectivity index (χ2n) is 5.46. The van der Waals surface area contributed by atoms with E-state index in [1.54, 1.807) is 49.4 Å². The highest BCUT2D eigenvalue weighted by Gasteiger charge is 2.16. The molecule has 0 saturated carbocycles. The Hall–Kier alpha value is -3.13. The zero-order valence-electron chi connectivity index (χ0n) is 14.0. The monoisotopic (exact) mass is 371 g/mol. The summed E-state index contributed by atoms with van der Waals surface area (Å²) < 4.78 is 10.5. The molecular formula is C18H17N3O4S. The molecule has 134 valence electrons. The molecule has 0 aliphatic carbocycles. The number of nitrogens with one attached hydrogen (secondary N) is 3. The second-order valence-corrected chi connectivity index (χ2v) is 5.87. The van der Waals surface area contributed by atoms with Crippen LogP contribution in [0.25, 0.3) is 0 Å². The van der Waals surface area contributed by atoms with Crippen molar-refractivity contribution in [1.29, 1.82) is 0 Å². The number of anilines is 2. The van der Waals surface area contributed by atoms with E-state index in [4.69, 9.17) is 21.7 Å². The highest BCUT2D eigenvalue weighted by Crippen LogP contribution is 2.32. The van der Waals surface area contributed by atoms with Gasteiger partial charge in [0, 0.05) is 23.4 Å². The SMILES string of the molecule is CCC(=O)Nc1cccc(NC(=S)NC(=O)c2ccc3c(c2)OCO3)c1. The fraction of sp³-hybridized carbons (Fsp3) is 0.167. The summed E-state index contributed by atoms with van der Waals surface area (Å²) in [6.07, 6.45) is 0.391. The normalized spacial score (nSPS) is 11.6. The summed E-state index contributed by atoms with van der Waals surface area (Å²) in [5.74, 6) is 0.682. The fourth-order valence-electron chi connectivity index (χ4n) is 2.30. The van der Waals surface area contributed by atoms with Crippen molar-refractivity contribution in [2.75, 3.05) is 17.4 Å². The Balaban J connectivity index is 1.61. The van der Waals surface area contributed by atoms with Gasteiger partial charge in [0.25, 0.3) is 5.91 Å². The van der Waals surface area contributed by atoms with Crippen LogP contribution in [0.5, 0.6) is 11.5 Å². The highest BCUT2D eigenvalue weighted by atomic mass is 32.1. The number of benzene rings is 2. The first-order valence-electron chi connectivity index (χ1n) is 7.97. The number of hydrogen-bond acceptors (Lipinski definition) is 5. The second kappa shape index (κ2) is 7.83. The van der Waals surface area contributed by atoms with Crippen LogP contribution < -0.4 is 25.4 Å². The average Bonchev–Trinajstić information content (AvgIpc) is 3.09. The lowest BCUT2D eigenvalue weighted by Gasteiger charge is -2.11. The largest absolute Gasteiger partial charge is 0.454 e. The lowest BCUT2D eigenvalue weighted by Crippen LogP contribution is -2.34. The molecule has 2 amide bonds. The van der Waals surface area contributed by atoms with E-state index in [1.807, 2.05) is 0 Å². The third kappa shape index (κ3) is 4.28. The van der Waals surface area contributed by atoms with Crippen LogP contribution in [-0.2, 0) is 4.79 Å². The summed E-state index contributed by atoms with van der Waals surface area (Å²) in [6, 6.07) is 12.0. The summed E-state index contributed by atoms with van der Waals surface area (Å²) in [7, 11) is 0. The Kier molecular flexibility index (Phi) is 5.33. The molecule has 26 heavy (non-hydrogen) atoms. The zero-order valence-corrected chi connectivity index (χ0v) is 14.8. The summed E-state index contributed by atoms with van der Waals surface area (Å²) >= 11 is 5.18. The first kappa shape index (κ1) is 17.7. The van der Waals surface area contributed by atoms with Crippen molar-refractivity contribution in [2.24, 2.45) is 0 Å². The van der Waals surface area contributed by atoms with Gasteiger partial charge in [-0.3, -0.25) is 14.9 Å². The van der Waals surface area contributed by atoms with E-state index in [-0.39, 0.29) is 23.7 Å². The number of thiocarbonyl (C=S) groups is 1. The Bertz CT molecular complexity index is 869. The maximum atomic E-state index is 12.3. The molecule has 1 aliphatic rings. The number of rotatable bonds is 4. The molecule has 2 aromatic carbocycles. The Labute approximate surface area is 155 Å². The van der Waals surface area contributed by atoms with Crippen molar-refractivity contribution in [3.8, 4) is 11.5 Å². The smallest absolute Gasteiger partial charge is 0.257 e. The van der Waals surface area contributed by atoms with Crippen molar-refractivity contribution in [3.63, 3.8) is 0 Å². The fourth-order valence-corrected chi connectivity index (χ4v) is 2.51. The molecule has 0 saturated heterocycles. The number of amides is 2. The highest BCUT2D eigenvalue weighted by molar-refractivity contribution is 7.80. The van der Waals surface area contributed by atoms with Gasteiger partial charge in [-0.1, -0.05) is 13.0 Å². The van der Waals surface area contributed by atoms with E-state index >= 15 is 0 Å². The standard InChI is InChI=1S/C18H17N3O4S/c1-2-16(22)19-12-4-3-5-13(9-12)20-18(26)21-17(23)11-6-7-14-15(8-11)25-10-24-14/h3-9H,2,10H2,1H3,(H,19,22)(H2,20,21,23,26). The molecule has 2 aromatic rings. The van der Waals surface area contributed by atoms with Gasteiger partial charge >= 0.3 is 0 Å². The Morgan fingerprint density at radius 2 is 1.77 bits per heavy atom. The van der Waals surface area contributed by atoms with Crippen LogP contribution in [0.3, 0.4) is 0 Å². The van der Waals surface area contributed by atoms with Gasteiger partial charge in [0.15, 0.2) is 16.6 Å². The molecule has 0 aromatic heterocycles. The molecule has 7 nitrogen and oxygen atoms in total. The average molecular weight is 371 g/mol. The van der Waals surface area contributed by atoms with Crippen molar-refractivity contribution < 1.29 is 19.1 Å². The molecular weight excluding hydrogens is 354 g/mol. The first-order chi connectivity index (χ1) is 12.5. The van der Waals surface area contributed by atoms with E-state index in [0.717, 1.165) is 0 Å². The van der Waals surface area contributed by atoms with Crippen molar-refractivity contribution in [1.82, 2.24) is 5.32 Å². The molecule has 0 fully saturated rings. The maximum Gasteiger partial charge on any atom is 0.257 e. The van der Waals surface area contributed by atoms with Crippen LogP contribution in [0.2, 0.25) is 0 Å². The molecule has 0 spiro atoms. The molecule has 0 unspecified atom stereocenters. The maximum absolute atomic E-state index is 12.3. The molecule has 1 heterocycles. The van der Waals surface area contributed by atoms with Gasteiger partial charge in [0.1, 0.15) is 0 Å². The van der Waals surface area contributed by atoms with Crippen LogP contribution in [-0.4, -0.2) is 23.7 Å². The molecule has 3 rings (SSSR count). The molecule has 8 heteroatoms. The van der Waals surface area contributed by atoms with Gasteiger partial charge in [-0.15, -0.1) is 0 Å². The summed E-state index contributed by atoms with van der Waals surface area (Å²) in [4.78, 5) is 23.8. The number of carbonyl (C=O) groups excluding carboxylic acids is 2. The third-order valence-electron chi connectivity index (χ3n) is 3.59. The molecule has 3 N–H and O–H groups in total. The Morgan fingerprint density at radius 1 is 1.04 bits per heavy atom. The van der Waals surface area contributed by atoms with Crippen molar-refractivity contribution in [3.05, 3.63) is 48.0 Å². The number of hydrogen-bond donors (Lipinski definition) is 3. The zero-order chi connectivity index (χ0) is 18.5. The van der Waals surface area contributed by atoms with Crippen LogP contribution >= 0.6 is 12.2 Å². The minimum atomic E-state index is -0.365. The van der Waals surface area contributed by atoms with Crippen LogP contribution in [0.4, 0.5) is 11.4 Å². The van der Waals surface area contributed by atoms with Crippen LogP contribution in [0.15, 0.2) is 42.5 Å². The van der Waals surface area contributed by atoms with Crippen molar-refractivity contribution in [2.45, 2.75) is 13.3 Å². The minimum Gasteiger partial charge on any atom is -0.454 e. The number of fused-ring (bicyclic) bond motifs is 1. The topological polar surface area (TPSA) is 88.7 Å². The van der Waals surface area contributed by atoms with E-state index in [9.17, 15) is 9.59 Å². The lowest BCUT2D eigenvalue weighted by molar-refractivity contribution is -0.115. The van der Waals surface area contributed by atoms with Gasteiger partial charge < -0.3 is 20.1 Å². The quantitative estimate of drug-likeness (QED) is 0.716. The Morgan fingerprint density at radius 3 is 2.54 bits per heavy atom. The lowest BCUT2D eigenvalue weighted by atomic mass is 10.2. The van der Waals surface area contributed by atoms with Crippen molar-refractivity contribution >= 4 is 40.5 Å². The molecule has 0 radical (unpaired) electrons. The number of carbonyl (C=O) groups is 2. The van der Waals surface area contributed by atoms with Crippen LogP contribution in [0, 0.1) is 0 Å². The van der Waals surface area contributed by atoms with Gasteiger partial charge in [-0.2, -0.15) is 0 Å². The summed E-state index contributed by atoms with van der Waals surface area (Å²) in [5, 5.41) is 8.43. The molecule has 0 bridgehead atoms. The van der Waals surface area contributed by atoms with Gasteiger partial charge in [-0.25, -0.2) is 0 Å². The van der Waals surface area contributed by atoms with E-state index < -0.39 is 0 Å². The van der Waals surface area contributed by atoms with E-state index in [2.05, 4.69) is 16.0 Å². The van der Waals surface area contributed by atoms with Crippen LogP contribution in [0.1, 0.15) is 23.7 Å². The summed E-state index contributed by atoms with van der Waals surface area (Å²) in [5.41, 5.74) is 1.70. The first-order valence-corrected chi connectivity index (χ1v) is 8.38. The van der Waals surface area contributed by atoms with Gasteiger partial charge in [0.05, 0.1) is 0 Å². The molecule has 1 aliphatic heterocycles. The van der Waals surface area contributed by atoms with Gasteiger partial charge in [0.2, 0.25) is 12.7 Å². The summed E-state index contributed by atoms with van der Waals surface area (Å²) in [6.45, 7) is 1.92. The third-order valence-corrected chi connectivity index (χ3v) is 3.79. The van der Waals surface area contributed by atoms with E-state index in [0.29, 0.717) is 34.9 Å². The van der Waals surface area contributed by atoms with E-state index in [1.165, 1.54) is 0 Å². The minimum absolute atomic E-state index is 0.0826. The molecule has 0 atom stereocenters. The predicted molar refractivity (Wildman–Crippen MR) is 102 cm³/mol.